The van der Waals surface area contributed by atoms with Crippen LogP contribution < -0.4 is 4.72 Å². The van der Waals surface area contributed by atoms with Crippen molar-refractivity contribution < 1.29 is 18.3 Å². The molecule has 1 fully saturated rings. The van der Waals surface area contributed by atoms with E-state index in [1.807, 2.05) is 0 Å². The van der Waals surface area contributed by atoms with Gasteiger partial charge >= 0.3 is 6.09 Å². The maximum Gasteiger partial charge on any atom is 0.407 e. The summed E-state index contributed by atoms with van der Waals surface area (Å²) < 4.78 is 25.2. The second-order valence-corrected chi connectivity index (χ2v) is 5.95. The summed E-state index contributed by atoms with van der Waals surface area (Å²) in [5, 5.41) is 10.1. The molecule has 0 unspecified atom stereocenters. The van der Waals surface area contributed by atoms with Crippen LogP contribution in [0.5, 0.6) is 0 Å². The average molecular weight is 246 g/mol. The van der Waals surface area contributed by atoms with Gasteiger partial charge in [-0.25, -0.2) is 17.9 Å². The zero-order chi connectivity index (χ0) is 12.0. The monoisotopic (exact) mass is 246 g/mol. The van der Waals surface area contributed by atoms with Gasteiger partial charge in [0.15, 0.2) is 0 Å². The minimum atomic E-state index is -3.31. The van der Waals surface area contributed by atoms with Gasteiger partial charge in [0, 0.05) is 18.0 Å². The van der Waals surface area contributed by atoms with Gasteiger partial charge in [0.1, 0.15) is 0 Å². The van der Waals surface area contributed by atoms with E-state index in [-0.39, 0.29) is 6.04 Å². The molecule has 7 heteroatoms. The maximum absolute atomic E-state index is 11.3. The first-order valence-electron chi connectivity index (χ1n) is 5.06. The SMILES string of the molecule is C[C@H]1C[C@]2(C=CS(=O)(=O)N2)CCN1C(=O)O. The summed E-state index contributed by atoms with van der Waals surface area (Å²) >= 11 is 0. The van der Waals surface area contributed by atoms with Crippen LogP contribution in [0, 0.1) is 0 Å². The lowest BCUT2D eigenvalue weighted by atomic mass is 9.85. The molecule has 1 spiro atoms. The van der Waals surface area contributed by atoms with E-state index >= 15 is 0 Å². The van der Waals surface area contributed by atoms with Crippen molar-refractivity contribution in [3.8, 4) is 0 Å². The number of carboxylic acid groups (broad SMARTS) is 1. The van der Waals surface area contributed by atoms with Crippen molar-refractivity contribution in [2.45, 2.75) is 31.3 Å². The molecule has 2 aliphatic rings. The van der Waals surface area contributed by atoms with Crippen LogP contribution in [-0.4, -0.2) is 42.6 Å². The Hall–Kier alpha value is -1.08. The van der Waals surface area contributed by atoms with E-state index in [0.717, 1.165) is 5.41 Å². The fourth-order valence-corrected chi connectivity index (χ4v) is 3.71. The number of sulfonamides is 1. The van der Waals surface area contributed by atoms with Gasteiger partial charge in [-0.05, 0) is 19.8 Å². The van der Waals surface area contributed by atoms with Crippen molar-refractivity contribution in [2.75, 3.05) is 6.54 Å². The molecular formula is C9H14N2O4S. The van der Waals surface area contributed by atoms with Crippen LogP contribution in [0.2, 0.25) is 0 Å². The van der Waals surface area contributed by atoms with Gasteiger partial charge in [0.2, 0.25) is 10.0 Å². The lowest BCUT2D eigenvalue weighted by Gasteiger charge is -2.41. The Morgan fingerprint density at radius 1 is 1.62 bits per heavy atom. The van der Waals surface area contributed by atoms with Crippen molar-refractivity contribution in [3.63, 3.8) is 0 Å². The average Bonchev–Trinajstić information content (AvgIpc) is 2.41. The van der Waals surface area contributed by atoms with Crippen LogP contribution in [0.1, 0.15) is 19.8 Å². The number of nitrogens with one attached hydrogen (secondary N) is 1. The largest absolute Gasteiger partial charge is 0.465 e. The lowest BCUT2D eigenvalue weighted by molar-refractivity contribution is 0.0945. The van der Waals surface area contributed by atoms with Crippen molar-refractivity contribution in [1.29, 1.82) is 0 Å². The Kier molecular flexibility index (Phi) is 2.47. The van der Waals surface area contributed by atoms with E-state index in [2.05, 4.69) is 4.72 Å². The Morgan fingerprint density at radius 3 is 2.75 bits per heavy atom. The van der Waals surface area contributed by atoms with Gasteiger partial charge in [0.05, 0.1) is 5.54 Å². The zero-order valence-electron chi connectivity index (χ0n) is 8.88. The van der Waals surface area contributed by atoms with Gasteiger partial charge in [-0.1, -0.05) is 6.08 Å². The summed E-state index contributed by atoms with van der Waals surface area (Å²) in [5.41, 5.74) is -0.579. The third-order valence-electron chi connectivity index (χ3n) is 3.15. The van der Waals surface area contributed by atoms with E-state index < -0.39 is 21.7 Å². The zero-order valence-corrected chi connectivity index (χ0v) is 9.70. The van der Waals surface area contributed by atoms with E-state index in [4.69, 9.17) is 5.11 Å². The summed E-state index contributed by atoms with van der Waals surface area (Å²) in [7, 11) is -3.31. The third kappa shape index (κ3) is 1.92. The van der Waals surface area contributed by atoms with Crippen molar-refractivity contribution in [1.82, 2.24) is 9.62 Å². The molecule has 6 nitrogen and oxygen atoms in total. The Morgan fingerprint density at radius 2 is 2.31 bits per heavy atom. The Labute approximate surface area is 94.0 Å². The normalized spacial score (nSPS) is 36.8. The van der Waals surface area contributed by atoms with Gasteiger partial charge in [0.25, 0.3) is 0 Å². The number of hydrogen-bond acceptors (Lipinski definition) is 3. The maximum atomic E-state index is 11.3. The molecule has 1 amide bonds. The van der Waals surface area contributed by atoms with Gasteiger partial charge in [-0.2, -0.15) is 0 Å². The molecule has 2 rings (SSSR count). The first-order valence-corrected chi connectivity index (χ1v) is 6.61. The third-order valence-corrected chi connectivity index (χ3v) is 4.33. The molecule has 2 heterocycles. The van der Waals surface area contributed by atoms with Crippen molar-refractivity contribution in [2.24, 2.45) is 0 Å². The fourth-order valence-electron chi connectivity index (χ4n) is 2.38. The molecule has 2 atom stereocenters. The summed E-state index contributed by atoms with van der Waals surface area (Å²) in [6, 6.07) is -0.184. The smallest absolute Gasteiger partial charge is 0.407 e. The standard InChI is InChI=1S/C9H14N2O4S/c1-7-6-9(2-4-11(7)8(12)13)3-5-16(14,15)10-9/h3,5,7,10H,2,4,6H2,1H3,(H,12,13)/t7-,9+/m0/s1. The summed E-state index contributed by atoms with van der Waals surface area (Å²) in [6.45, 7) is 2.14. The Balaban J connectivity index is 2.15. The summed E-state index contributed by atoms with van der Waals surface area (Å²) in [6.07, 6.45) is 1.65. The first kappa shape index (κ1) is 11.4. The van der Waals surface area contributed by atoms with E-state index in [9.17, 15) is 13.2 Å². The minimum Gasteiger partial charge on any atom is -0.465 e. The quantitative estimate of drug-likeness (QED) is 0.645. The number of hydrogen-bond donors (Lipinski definition) is 2. The molecule has 0 aliphatic carbocycles. The van der Waals surface area contributed by atoms with Crippen LogP contribution in [0.25, 0.3) is 0 Å². The van der Waals surface area contributed by atoms with Crippen LogP contribution in [0.15, 0.2) is 11.5 Å². The highest BCUT2D eigenvalue weighted by molar-refractivity contribution is 7.92. The van der Waals surface area contributed by atoms with Crippen molar-refractivity contribution >= 4 is 16.1 Å². The van der Waals surface area contributed by atoms with E-state index in [1.165, 1.54) is 4.90 Å². The number of nitrogens with zero attached hydrogens (tertiary/aromatic N) is 1. The number of likely N-dealkylation sites (tertiary alicyclic amines) is 1. The molecule has 2 N–H and O–H groups in total. The Bertz CT molecular complexity index is 444. The number of carbonyl (C=O) groups is 1. The van der Waals surface area contributed by atoms with Crippen LogP contribution >= 0.6 is 0 Å². The van der Waals surface area contributed by atoms with E-state index in [1.54, 1.807) is 13.0 Å². The number of piperidine rings is 1. The molecule has 90 valence electrons. The molecule has 0 aromatic rings. The van der Waals surface area contributed by atoms with E-state index in [0.29, 0.717) is 19.4 Å². The van der Waals surface area contributed by atoms with Gasteiger partial charge < -0.3 is 10.0 Å². The van der Waals surface area contributed by atoms with Crippen LogP contribution in [0.3, 0.4) is 0 Å². The molecule has 1 saturated heterocycles. The predicted octanol–water partition coefficient (Wildman–Crippen LogP) is 0.334. The highest BCUT2D eigenvalue weighted by atomic mass is 32.2. The molecule has 0 radical (unpaired) electrons. The second kappa shape index (κ2) is 3.46. The highest BCUT2D eigenvalue weighted by Crippen LogP contribution is 2.32. The molecule has 0 bridgehead atoms. The number of amides is 1. The van der Waals surface area contributed by atoms with Gasteiger partial charge in [-0.3, -0.25) is 0 Å². The van der Waals surface area contributed by atoms with Crippen molar-refractivity contribution in [3.05, 3.63) is 11.5 Å². The molecule has 0 aromatic carbocycles. The summed E-state index contributed by atoms with van der Waals surface area (Å²) in [4.78, 5) is 12.2. The molecule has 0 saturated carbocycles. The molecule has 2 aliphatic heterocycles. The van der Waals surface area contributed by atoms with Crippen LogP contribution in [-0.2, 0) is 10.0 Å². The summed E-state index contributed by atoms with van der Waals surface area (Å²) in [5.74, 6) is 0. The highest BCUT2D eigenvalue weighted by Gasteiger charge is 2.43. The number of rotatable bonds is 0. The minimum absolute atomic E-state index is 0.184. The fraction of sp³-hybridized carbons (Fsp3) is 0.667. The topological polar surface area (TPSA) is 86.7 Å². The molecular weight excluding hydrogens is 232 g/mol. The lowest BCUT2D eigenvalue weighted by Crippen LogP contribution is -2.55. The molecule has 0 aromatic heterocycles. The molecule has 16 heavy (non-hydrogen) atoms. The second-order valence-electron chi connectivity index (χ2n) is 4.39. The van der Waals surface area contributed by atoms with Crippen LogP contribution in [0.4, 0.5) is 4.79 Å². The van der Waals surface area contributed by atoms with Gasteiger partial charge in [-0.15, -0.1) is 0 Å². The first-order chi connectivity index (χ1) is 7.34. The predicted molar refractivity (Wildman–Crippen MR) is 57.4 cm³/mol.